The van der Waals surface area contributed by atoms with Gasteiger partial charge in [0.15, 0.2) is 6.61 Å². The van der Waals surface area contributed by atoms with Gasteiger partial charge in [-0.15, -0.1) is 0 Å². The fraction of sp³-hybridized carbons (Fsp3) is 0.476. The normalized spacial score (nSPS) is 23.1. The first kappa shape index (κ1) is 18.5. The van der Waals surface area contributed by atoms with E-state index >= 15 is 0 Å². The lowest BCUT2D eigenvalue weighted by Gasteiger charge is -2.32. The Labute approximate surface area is 164 Å². The van der Waals surface area contributed by atoms with E-state index in [0.717, 1.165) is 30.4 Å². The predicted molar refractivity (Wildman–Crippen MR) is 102 cm³/mol. The summed E-state index contributed by atoms with van der Waals surface area (Å²) in [5, 5.41) is 6.82. The SMILES string of the molecule is Cc1cc(C)cc(OCC(=O)N2CCC[C@@]3(NC(=O)c4cc(C)no4)C[C@@H]23)c1. The van der Waals surface area contributed by atoms with E-state index in [2.05, 4.69) is 16.5 Å². The molecular formula is C21H25N3O4. The molecule has 0 bridgehead atoms. The molecule has 148 valence electrons. The number of amides is 2. The standard InChI is InChI=1S/C21H25N3O4/c1-13-7-14(2)9-16(8-13)27-12-19(25)24-6-4-5-21(11-18(21)24)22-20(26)17-10-15(3)23-28-17/h7-10,18H,4-6,11-12H2,1-3H3,(H,22,26)/t18-,21-/m1/s1. The molecule has 2 heterocycles. The molecule has 2 atom stereocenters. The van der Waals surface area contributed by atoms with Crippen LogP contribution in [0.4, 0.5) is 0 Å². The first-order chi connectivity index (χ1) is 13.4. The zero-order chi connectivity index (χ0) is 19.9. The Bertz CT molecular complexity index is 902. The number of hydrogen-bond donors (Lipinski definition) is 1. The zero-order valence-corrected chi connectivity index (χ0v) is 16.4. The molecule has 4 rings (SSSR count). The summed E-state index contributed by atoms with van der Waals surface area (Å²) >= 11 is 0. The summed E-state index contributed by atoms with van der Waals surface area (Å²) in [5.41, 5.74) is 2.52. The summed E-state index contributed by atoms with van der Waals surface area (Å²) in [6, 6.07) is 7.56. The second-order valence-electron chi connectivity index (χ2n) is 7.97. The molecule has 1 saturated heterocycles. The summed E-state index contributed by atoms with van der Waals surface area (Å²) in [7, 11) is 0. The maximum Gasteiger partial charge on any atom is 0.290 e. The van der Waals surface area contributed by atoms with Crippen molar-refractivity contribution in [2.75, 3.05) is 13.2 Å². The van der Waals surface area contributed by atoms with E-state index in [4.69, 9.17) is 9.26 Å². The van der Waals surface area contributed by atoms with Crippen molar-refractivity contribution in [2.24, 2.45) is 0 Å². The molecule has 2 amide bonds. The smallest absolute Gasteiger partial charge is 0.290 e. The number of ether oxygens (including phenoxy) is 1. The van der Waals surface area contributed by atoms with Gasteiger partial charge in [0.1, 0.15) is 5.75 Å². The zero-order valence-electron chi connectivity index (χ0n) is 16.4. The molecule has 1 aliphatic heterocycles. The van der Waals surface area contributed by atoms with Crippen molar-refractivity contribution in [3.63, 3.8) is 0 Å². The van der Waals surface area contributed by atoms with E-state index < -0.39 is 0 Å². The first-order valence-corrected chi connectivity index (χ1v) is 9.63. The second-order valence-corrected chi connectivity index (χ2v) is 7.97. The fourth-order valence-corrected chi connectivity index (χ4v) is 4.18. The molecule has 7 heteroatoms. The van der Waals surface area contributed by atoms with E-state index in [0.29, 0.717) is 18.0 Å². The molecule has 0 radical (unpaired) electrons. The van der Waals surface area contributed by atoms with E-state index in [9.17, 15) is 9.59 Å². The number of nitrogens with zero attached hydrogens (tertiary/aromatic N) is 2. The maximum absolute atomic E-state index is 12.7. The van der Waals surface area contributed by atoms with Crippen LogP contribution >= 0.6 is 0 Å². The topological polar surface area (TPSA) is 84.7 Å². The van der Waals surface area contributed by atoms with Gasteiger partial charge in [-0.25, -0.2) is 0 Å². The third-order valence-electron chi connectivity index (χ3n) is 5.53. The van der Waals surface area contributed by atoms with Gasteiger partial charge in [0.05, 0.1) is 17.3 Å². The van der Waals surface area contributed by atoms with Gasteiger partial charge in [-0.3, -0.25) is 9.59 Å². The van der Waals surface area contributed by atoms with E-state index in [-0.39, 0.29) is 35.8 Å². The lowest BCUT2D eigenvalue weighted by molar-refractivity contribution is -0.135. The van der Waals surface area contributed by atoms with Gasteiger partial charge in [0, 0.05) is 12.6 Å². The largest absolute Gasteiger partial charge is 0.484 e. The monoisotopic (exact) mass is 383 g/mol. The highest BCUT2D eigenvalue weighted by Crippen LogP contribution is 2.47. The molecule has 28 heavy (non-hydrogen) atoms. The number of nitrogens with one attached hydrogen (secondary N) is 1. The van der Waals surface area contributed by atoms with Crippen LogP contribution in [0.1, 0.15) is 46.6 Å². The lowest BCUT2D eigenvalue weighted by Crippen LogP contribution is -2.50. The van der Waals surface area contributed by atoms with Gasteiger partial charge in [-0.05, 0) is 63.3 Å². The van der Waals surface area contributed by atoms with Crippen LogP contribution in [0, 0.1) is 20.8 Å². The van der Waals surface area contributed by atoms with Gasteiger partial charge in [0.25, 0.3) is 11.8 Å². The van der Waals surface area contributed by atoms with Crippen LogP contribution in [-0.2, 0) is 4.79 Å². The Kier molecular flexibility index (Phi) is 4.61. The minimum absolute atomic E-state index is 0.00468. The van der Waals surface area contributed by atoms with Crippen molar-refractivity contribution in [1.82, 2.24) is 15.4 Å². The Hall–Kier alpha value is -2.83. The van der Waals surface area contributed by atoms with Crippen LogP contribution in [0.3, 0.4) is 0 Å². The van der Waals surface area contributed by atoms with Crippen LogP contribution in [0.2, 0.25) is 0 Å². The molecule has 0 spiro atoms. The van der Waals surface area contributed by atoms with Crippen LogP contribution in [-0.4, -0.2) is 46.6 Å². The Balaban J connectivity index is 1.37. The van der Waals surface area contributed by atoms with Gasteiger partial charge < -0.3 is 19.5 Å². The molecule has 1 aliphatic carbocycles. The average Bonchev–Trinajstić information content (AvgIpc) is 3.20. The number of hydrogen-bond acceptors (Lipinski definition) is 5. The summed E-state index contributed by atoms with van der Waals surface area (Å²) in [6.45, 7) is 6.48. The van der Waals surface area contributed by atoms with Crippen LogP contribution in [0.25, 0.3) is 0 Å². The number of rotatable bonds is 5. The number of aryl methyl sites for hydroxylation is 3. The highest BCUT2D eigenvalue weighted by molar-refractivity contribution is 5.92. The Morgan fingerprint density at radius 1 is 1.25 bits per heavy atom. The number of piperidine rings is 1. The highest BCUT2D eigenvalue weighted by atomic mass is 16.5. The minimum Gasteiger partial charge on any atom is -0.484 e. The summed E-state index contributed by atoms with van der Waals surface area (Å²) in [5.74, 6) is 0.595. The summed E-state index contributed by atoms with van der Waals surface area (Å²) < 4.78 is 10.8. The molecule has 2 aromatic rings. The van der Waals surface area contributed by atoms with Crippen molar-refractivity contribution in [2.45, 2.75) is 51.6 Å². The summed E-state index contributed by atoms with van der Waals surface area (Å²) in [6.07, 6.45) is 2.47. The molecule has 7 nitrogen and oxygen atoms in total. The van der Waals surface area contributed by atoms with Gasteiger partial charge in [-0.1, -0.05) is 11.2 Å². The van der Waals surface area contributed by atoms with Crippen molar-refractivity contribution < 1.29 is 18.8 Å². The third-order valence-corrected chi connectivity index (χ3v) is 5.53. The van der Waals surface area contributed by atoms with Crippen molar-refractivity contribution in [3.8, 4) is 5.75 Å². The van der Waals surface area contributed by atoms with E-state index in [1.807, 2.05) is 30.9 Å². The second kappa shape index (κ2) is 6.96. The van der Waals surface area contributed by atoms with Gasteiger partial charge in [-0.2, -0.15) is 0 Å². The number of carbonyl (C=O) groups excluding carboxylic acids is 2. The van der Waals surface area contributed by atoms with Crippen LogP contribution < -0.4 is 10.1 Å². The number of carbonyl (C=O) groups is 2. The first-order valence-electron chi connectivity index (χ1n) is 9.63. The van der Waals surface area contributed by atoms with Crippen LogP contribution in [0.15, 0.2) is 28.8 Å². The number of fused-ring (bicyclic) bond motifs is 1. The lowest BCUT2D eigenvalue weighted by atomic mass is 10.0. The quantitative estimate of drug-likeness (QED) is 0.858. The average molecular weight is 383 g/mol. The number of likely N-dealkylation sites (tertiary alicyclic amines) is 1. The van der Waals surface area contributed by atoms with Crippen LogP contribution in [0.5, 0.6) is 5.75 Å². The molecule has 1 saturated carbocycles. The van der Waals surface area contributed by atoms with Crippen molar-refractivity contribution in [1.29, 1.82) is 0 Å². The fourth-order valence-electron chi connectivity index (χ4n) is 4.18. The van der Waals surface area contributed by atoms with Crippen molar-refractivity contribution >= 4 is 11.8 Å². The highest BCUT2D eigenvalue weighted by Gasteiger charge is 2.61. The minimum atomic E-state index is -0.356. The number of aromatic nitrogens is 1. The Morgan fingerprint density at radius 2 is 2.00 bits per heavy atom. The van der Waals surface area contributed by atoms with Crippen molar-refractivity contribution in [3.05, 3.63) is 46.8 Å². The molecule has 1 aromatic carbocycles. The number of benzene rings is 1. The van der Waals surface area contributed by atoms with Gasteiger partial charge in [0.2, 0.25) is 5.76 Å². The predicted octanol–water partition coefficient (Wildman–Crippen LogP) is 2.54. The molecular weight excluding hydrogens is 358 g/mol. The molecule has 1 aromatic heterocycles. The molecule has 2 fully saturated rings. The summed E-state index contributed by atoms with van der Waals surface area (Å²) in [4.78, 5) is 27.0. The molecule has 2 aliphatic rings. The molecule has 1 N–H and O–H groups in total. The molecule has 0 unspecified atom stereocenters. The van der Waals surface area contributed by atoms with Gasteiger partial charge >= 0.3 is 0 Å². The Morgan fingerprint density at radius 3 is 2.68 bits per heavy atom. The third kappa shape index (κ3) is 3.61. The van der Waals surface area contributed by atoms with E-state index in [1.54, 1.807) is 13.0 Å². The maximum atomic E-state index is 12.7. The van der Waals surface area contributed by atoms with E-state index in [1.165, 1.54) is 0 Å².